The Morgan fingerprint density at radius 2 is 1.06 bits per heavy atom. The van der Waals surface area contributed by atoms with Crippen molar-refractivity contribution >= 4 is 0 Å². The van der Waals surface area contributed by atoms with Crippen molar-refractivity contribution in [3.63, 3.8) is 0 Å². The maximum Gasteiger partial charge on any atom is -0.0256 e. The normalized spacial score (nSPS) is 9.44. The van der Waals surface area contributed by atoms with Crippen LogP contribution in [-0.2, 0) is 6.42 Å². The van der Waals surface area contributed by atoms with E-state index in [1.807, 2.05) is 36.4 Å². The zero-order valence-electron chi connectivity index (χ0n) is 10.1. The molecule has 2 aromatic carbocycles. The van der Waals surface area contributed by atoms with Crippen molar-refractivity contribution < 1.29 is 0 Å². The van der Waals surface area contributed by atoms with Gasteiger partial charge in [0.05, 0.1) is 0 Å². The van der Waals surface area contributed by atoms with Gasteiger partial charge >= 0.3 is 0 Å². The Morgan fingerprint density at radius 1 is 0.688 bits per heavy atom. The van der Waals surface area contributed by atoms with Crippen LogP contribution < -0.4 is 0 Å². The largest absolute Gasteiger partial charge is 0.0625 e. The molecule has 84 valence electrons. The summed E-state index contributed by atoms with van der Waals surface area (Å²) in [6, 6.07) is 22.6. The zero-order chi connectivity index (χ0) is 11.6. The topological polar surface area (TPSA) is 0 Å². The van der Waals surface area contributed by atoms with E-state index in [1.165, 1.54) is 12.0 Å². The highest BCUT2D eigenvalue weighted by Gasteiger charge is 1.94. The summed E-state index contributed by atoms with van der Waals surface area (Å²) in [6.45, 7) is 4.49. The summed E-state index contributed by atoms with van der Waals surface area (Å²) < 4.78 is 0. The van der Waals surface area contributed by atoms with Crippen LogP contribution in [0.3, 0.4) is 0 Å². The molecule has 0 spiro atoms. The van der Waals surface area contributed by atoms with Gasteiger partial charge in [0.25, 0.3) is 0 Å². The average Bonchev–Trinajstić information content (AvgIpc) is 2.32. The number of benzene rings is 2. The van der Waals surface area contributed by atoms with Crippen LogP contribution in [0, 0.1) is 5.92 Å². The van der Waals surface area contributed by atoms with E-state index < -0.39 is 0 Å². The summed E-state index contributed by atoms with van der Waals surface area (Å²) in [5, 5.41) is 0. The standard InChI is InChI=1S/C10H14.C6H6/c1-9(2)8-10-6-4-3-5-7-10;1-2-4-6-5-3-1/h3-7,9H,8H2,1-2H3;1-6H. The Balaban J connectivity index is 0.000000181. The van der Waals surface area contributed by atoms with Crippen LogP contribution in [0.1, 0.15) is 19.4 Å². The smallest absolute Gasteiger partial charge is 0.0256 e. The minimum Gasteiger partial charge on any atom is -0.0625 e. The summed E-state index contributed by atoms with van der Waals surface area (Å²) >= 11 is 0. The fourth-order valence-electron chi connectivity index (χ4n) is 1.47. The summed E-state index contributed by atoms with van der Waals surface area (Å²) in [4.78, 5) is 0. The van der Waals surface area contributed by atoms with E-state index in [4.69, 9.17) is 0 Å². The van der Waals surface area contributed by atoms with Crippen molar-refractivity contribution in [2.45, 2.75) is 20.3 Å². The van der Waals surface area contributed by atoms with Crippen LogP contribution in [0.15, 0.2) is 66.7 Å². The number of hydrogen-bond acceptors (Lipinski definition) is 0. The van der Waals surface area contributed by atoms with Gasteiger partial charge in [-0.15, -0.1) is 0 Å². The highest BCUT2D eigenvalue weighted by atomic mass is 14.0. The van der Waals surface area contributed by atoms with E-state index in [-0.39, 0.29) is 0 Å². The molecule has 0 aromatic heterocycles. The molecule has 0 heteroatoms. The third kappa shape index (κ3) is 6.02. The van der Waals surface area contributed by atoms with E-state index in [0.29, 0.717) is 0 Å². The number of hydrogen-bond donors (Lipinski definition) is 0. The first-order valence-electron chi connectivity index (χ1n) is 5.83. The highest BCUT2D eigenvalue weighted by molar-refractivity contribution is 5.14. The molecule has 16 heavy (non-hydrogen) atoms. The van der Waals surface area contributed by atoms with Crippen LogP contribution in [0.25, 0.3) is 0 Å². The Kier molecular flexibility index (Phi) is 6.02. The van der Waals surface area contributed by atoms with Gasteiger partial charge in [0.2, 0.25) is 0 Å². The minimum absolute atomic E-state index is 0.766. The van der Waals surface area contributed by atoms with Crippen molar-refractivity contribution in [3.05, 3.63) is 72.3 Å². The Morgan fingerprint density at radius 3 is 1.44 bits per heavy atom. The van der Waals surface area contributed by atoms with Crippen LogP contribution in [-0.4, -0.2) is 0 Å². The molecule has 0 fully saturated rings. The van der Waals surface area contributed by atoms with E-state index in [0.717, 1.165) is 5.92 Å². The van der Waals surface area contributed by atoms with Crippen molar-refractivity contribution in [1.29, 1.82) is 0 Å². The molecule has 0 radical (unpaired) electrons. The lowest BCUT2D eigenvalue weighted by Crippen LogP contribution is -1.92. The second-order valence-corrected chi connectivity index (χ2v) is 4.24. The average molecular weight is 212 g/mol. The van der Waals surface area contributed by atoms with Crippen molar-refractivity contribution in [2.24, 2.45) is 5.92 Å². The van der Waals surface area contributed by atoms with Gasteiger partial charge in [0.15, 0.2) is 0 Å². The van der Waals surface area contributed by atoms with E-state index in [9.17, 15) is 0 Å². The second kappa shape index (κ2) is 7.70. The van der Waals surface area contributed by atoms with Crippen LogP contribution in [0.2, 0.25) is 0 Å². The molecule has 0 nitrogen and oxygen atoms in total. The van der Waals surface area contributed by atoms with Gasteiger partial charge in [-0.3, -0.25) is 0 Å². The fraction of sp³-hybridized carbons (Fsp3) is 0.250. The maximum absolute atomic E-state index is 2.24. The minimum atomic E-state index is 0.766. The molecule has 0 atom stereocenters. The molecule has 0 heterocycles. The molecule has 0 aliphatic carbocycles. The predicted octanol–water partition coefficient (Wildman–Crippen LogP) is 4.57. The molecule has 0 bridgehead atoms. The quantitative estimate of drug-likeness (QED) is 0.684. The third-order valence-electron chi connectivity index (χ3n) is 2.15. The Hall–Kier alpha value is -1.56. The monoisotopic (exact) mass is 212 g/mol. The predicted molar refractivity (Wildman–Crippen MR) is 71.4 cm³/mol. The molecule has 0 aliphatic rings. The van der Waals surface area contributed by atoms with Crippen molar-refractivity contribution in [2.75, 3.05) is 0 Å². The fourth-order valence-corrected chi connectivity index (χ4v) is 1.47. The molecule has 0 amide bonds. The van der Waals surface area contributed by atoms with Crippen LogP contribution >= 0.6 is 0 Å². The summed E-state index contributed by atoms with van der Waals surface area (Å²) in [5.74, 6) is 0.766. The first kappa shape index (κ1) is 12.5. The van der Waals surface area contributed by atoms with E-state index >= 15 is 0 Å². The molecule has 2 aromatic rings. The van der Waals surface area contributed by atoms with Gasteiger partial charge in [-0.25, -0.2) is 0 Å². The first-order chi connectivity index (χ1) is 7.79. The van der Waals surface area contributed by atoms with Crippen LogP contribution in [0.5, 0.6) is 0 Å². The Labute approximate surface area is 99.0 Å². The van der Waals surface area contributed by atoms with Gasteiger partial charge in [0, 0.05) is 0 Å². The van der Waals surface area contributed by atoms with Crippen molar-refractivity contribution in [1.82, 2.24) is 0 Å². The number of rotatable bonds is 2. The lowest BCUT2D eigenvalue weighted by molar-refractivity contribution is 0.647. The van der Waals surface area contributed by atoms with Gasteiger partial charge in [-0.2, -0.15) is 0 Å². The third-order valence-corrected chi connectivity index (χ3v) is 2.15. The molecule has 0 aliphatic heterocycles. The van der Waals surface area contributed by atoms with Gasteiger partial charge < -0.3 is 0 Å². The van der Waals surface area contributed by atoms with Gasteiger partial charge in [-0.05, 0) is 17.9 Å². The summed E-state index contributed by atoms with van der Waals surface area (Å²) in [6.07, 6.45) is 1.20. The lowest BCUT2D eigenvalue weighted by atomic mass is 10.0. The first-order valence-corrected chi connectivity index (χ1v) is 5.83. The molecule has 0 unspecified atom stereocenters. The SMILES string of the molecule is CC(C)Cc1ccccc1.c1ccccc1. The van der Waals surface area contributed by atoms with Gasteiger partial charge in [-0.1, -0.05) is 80.6 Å². The van der Waals surface area contributed by atoms with Gasteiger partial charge in [0.1, 0.15) is 0 Å². The van der Waals surface area contributed by atoms with Crippen molar-refractivity contribution in [3.8, 4) is 0 Å². The summed E-state index contributed by atoms with van der Waals surface area (Å²) in [5.41, 5.74) is 1.44. The molecule has 0 N–H and O–H groups in total. The lowest BCUT2D eigenvalue weighted by Gasteiger charge is -2.02. The molecule has 0 saturated heterocycles. The van der Waals surface area contributed by atoms with E-state index in [2.05, 4.69) is 44.2 Å². The molecular weight excluding hydrogens is 192 g/mol. The molecular formula is C16H20. The summed E-state index contributed by atoms with van der Waals surface area (Å²) in [7, 11) is 0. The van der Waals surface area contributed by atoms with Crippen LogP contribution in [0.4, 0.5) is 0 Å². The Bertz CT molecular complexity index is 322. The zero-order valence-corrected chi connectivity index (χ0v) is 10.1. The van der Waals surface area contributed by atoms with E-state index in [1.54, 1.807) is 0 Å². The molecule has 0 saturated carbocycles. The maximum atomic E-state index is 2.24. The molecule has 2 rings (SSSR count). The second-order valence-electron chi connectivity index (χ2n) is 4.24. The highest BCUT2D eigenvalue weighted by Crippen LogP contribution is 2.05.